The predicted octanol–water partition coefficient (Wildman–Crippen LogP) is 3.48. The van der Waals surface area contributed by atoms with E-state index in [9.17, 15) is 5.26 Å². The van der Waals surface area contributed by atoms with Gasteiger partial charge in [0.25, 0.3) is 0 Å². The van der Waals surface area contributed by atoms with Crippen LogP contribution in [0.1, 0.15) is 44.1 Å². The Morgan fingerprint density at radius 2 is 2.06 bits per heavy atom. The van der Waals surface area contributed by atoms with Crippen molar-refractivity contribution in [3.8, 4) is 0 Å². The monoisotopic (exact) mass is 249 g/mol. The van der Waals surface area contributed by atoms with Crippen molar-refractivity contribution in [1.82, 2.24) is 4.90 Å². The fourth-order valence-corrected chi connectivity index (χ4v) is 3.14. The molecule has 18 heavy (non-hydrogen) atoms. The number of benzene rings is 1. The molecule has 0 radical (unpaired) electrons. The summed E-state index contributed by atoms with van der Waals surface area (Å²) in [5, 5.41) is 9.53. The van der Waals surface area contributed by atoms with Gasteiger partial charge in [-0.25, -0.2) is 10.1 Å². The molecule has 3 nitrogen and oxygen atoms in total. The molecule has 1 N–H and O–H groups in total. The van der Waals surface area contributed by atoms with Gasteiger partial charge in [-0.3, -0.25) is 4.90 Å². The van der Waals surface area contributed by atoms with Crippen molar-refractivity contribution in [2.45, 2.75) is 44.2 Å². The Bertz CT molecular complexity index is 368. The summed E-state index contributed by atoms with van der Waals surface area (Å²) in [5.41, 5.74) is 0.695. The van der Waals surface area contributed by atoms with E-state index in [0.29, 0.717) is 0 Å². The molecular weight excluding hydrogens is 226 g/mol. The molecule has 1 aliphatic rings. The van der Waals surface area contributed by atoms with E-state index in [-0.39, 0.29) is 5.92 Å². The Balaban J connectivity index is 2.35. The molecule has 0 saturated heterocycles. The van der Waals surface area contributed by atoms with Gasteiger partial charge in [0.05, 0.1) is 0 Å². The van der Waals surface area contributed by atoms with Crippen LogP contribution in [0.4, 0.5) is 0 Å². The van der Waals surface area contributed by atoms with E-state index in [4.69, 9.17) is 4.89 Å². The first-order valence-electron chi connectivity index (χ1n) is 6.83. The second-order valence-electron chi connectivity index (χ2n) is 5.16. The smallest absolute Gasteiger partial charge is 0.163 e. The van der Waals surface area contributed by atoms with Crippen LogP contribution in [0.3, 0.4) is 0 Å². The van der Waals surface area contributed by atoms with E-state index in [0.717, 1.165) is 25.8 Å². The van der Waals surface area contributed by atoms with Crippen molar-refractivity contribution in [3.63, 3.8) is 0 Å². The zero-order valence-corrected chi connectivity index (χ0v) is 11.3. The summed E-state index contributed by atoms with van der Waals surface area (Å²) in [6.45, 7) is 2.96. The van der Waals surface area contributed by atoms with Gasteiger partial charge in [-0.1, -0.05) is 43.7 Å². The number of likely N-dealkylation sites (N-methyl/N-ethyl adjacent to an activating group) is 1. The lowest BCUT2D eigenvalue weighted by molar-refractivity contribution is -0.375. The fraction of sp³-hybridized carbons (Fsp3) is 0.600. The number of rotatable bonds is 4. The minimum atomic E-state index is -0.561. The summed E-state index contributed by atoms with van der Waals surface area (Å²) in [5.74, 6) is 0.238. The van der Waals surface area contributed by atoms with Gasteiger partial charge in [-0.05, 0) is 38.4 Å². The van der Waals surface area contributed by atoms with Crippen LogP contribution < -0.4 is 0 Å². The molecule has 100 valence electrons. The average Bonchev–Trinajstić information content (AvgIpc) is 2.47. The van der Waals surface area contributed by atoms with E-state index < -0.39 is 5.72 Å². The van der Waals surface area contributed by atoms with E-state index in [1.54, 1.807) is 0 Å². The van der Waals surface area contributed by atoms with E-state index >= 15 is 0 Å². The lowest BCUT2D eigenvalue weighted by Gasteiger charge is -2.47. The third-order valence-corrected chi connectivity index (χ3v) is 4.30. The van der Waals surface area contributed by atoms with Crippen molar-refractivity contribution in [2.75, 3.05) is 13.6 Å². The van der Waals surface area contributed by atoms with Gasteiger partial charge < -0.3 is 0 Å². The van der Waals surface area contributed by atoms with Crippen LogP contribution in [0.2, 0.25) is 0 Å². The Hall–Kier alpha value is -0.900. The first-order chi connectivity index (χ1) is 8.74. The van der Waals surface area contributed by atoms with E-state index in [1.807, 2.05) is 13.1 Å². The molecule has 1 aromatic carbocycles. The normalized spacial score (nSPS) is 28.6. The highest BCUT2D eigenvalue weighted by Gasteiger charge is 2.46. The molecule has 1 aliphatic carbocycles. The van der Waals surface area contributed by atoms with Crippen LogP contribution in [-0.4, -0.2) is 29.5 Å². The topological polar surface area (TPSA) is 32.7 Å². The number of hydrogen-bond donors (Lipinski definition) is 1. The Kier molecular flexibility index (Phi) is 4.38. The molecule has 0 amide bonds. The fourth-order valence-electron chi connectivity index (χ4n) is 3.14. The Morgan fingerprint density at radius 1 is 1.33 bits per heavy atom. The SMILES string of the molecule is CCN(C)C1(OO)CCCCC1c1ccccc1. The largest absolute Gasteiger partial charge is 0.276 e. The molecule has 2 rings (SSSR count). The molecule has 0 bridgehead atoms. The van der Waals surface area contributed by atoms with Crippen molar-refractivity contribution in [2.24, 2.45) is 0 Å². The summed E-state index contributed by atoms with van der Waals surface area (Å²) >= 11 is 0. The molecule has 1 saturated carbocycles. The highest BCUT2D eigenvalue weighted by molar-refractivity contribution is 5.23. The molecule has 3 heteroatoms. The van der Waals surface area contributed by atoms with Gasteiger partial charge in [0.15, 0.2) is 5.72 Å². The van der Waals surface area contributed by atoms with Crippen molar-refractivity contribution < 1.29 is 10.1 Å². The van der Waals surface area contributed by atoms with Crippen LogP contribution in [0, 0.1) is 0 Å². The third kappa shape index (κ3) is 2.30. The predicted molar refractivity (Wildman–Crippen MR) is 72.4 cm³/mol. The highest BCUT2D eigenvalue weighted by Crippen LogP contribution is 2.44. The van der Waals surface area contributed by atoms with Crippen molar-refractivity contribution >= 4 is 0 Å². The van der Waals surface area contributed by atoms with Gasteiger partial charge in [0.1, 0.15) is 0 Å². The summed E-state index contributed by atoms with van der Waals surface area (Å²) in [6, 6.07) is 10.4. The minimum Gasteiger partial charge on any atom is -0.276 e. The average molecular weight is 249 g/mol. The van der Waals surface area contributed by atoms with Crippen LogP contribution in [-0.2, 0) is 4.89 Å². The standard InChI is InChI=1S/C15H23NO2/c1-3-16(2)15(18-17)12-8-7-11-14(15)13-9-5-4-6-10-13/h4-6,9-10,14,17H,3,7-8,11-12H2,1-2H3. The van der Waals surface area contributed by atoms with Gasteiger partial charge in [0.2, 0.25) is 0 Å². The molecule has 1 aromatic rings. The zero-order chi connectivity index (χ0) is 13.0. The molecule has 0 aromatic heterocycles. The maximum absolute atomic E-state index is 9.53. The second-order valence-corrected chi connectivity index (χ2v) is 5.16. The van der Waals surface area contributed by atoms with E-state index in [2.05, 4.69) is 36.1 Å². The third-order valence-electron chi connectivity index (χ3n) is 4.30. The molecule has 1 fully saturated rings. The van der Waals surface area contributed by atoms with Gasteiger partial charge in [-0.2, -0.15) is 0 Å². The maximum Gasteiger partial charge on any atom is 0.163 e. The van der Waals surface area contributed by atoms with E-state index in [1.165, 1.54) is 12.0 Å². The summed E-state index contributed by atoms with van der Waals surface area (Å²) in [6.07, 6.45) is 4.25. The lowest BCUT2D eigenvalue weighted by atomic mass is 9.76. The molecule has 2 atom stereocenters. The maximum atomic E-state index is 9.53. The molecule has 0 aliphatic heterocycles. The first-order valence-corrected chi connectivity index (χ1v) is 6.83. The summed E-state index contributed by atoms with van der Waals surface area (Å²) in [7, 11) is 2.03. The van der Waals surface area contributed by atoms with Crippen molar-refractivity contribution in [3.05, 3.63) is 35.9 Å². The van der Waals surface area contributed by atoms with Crippen LogP contribution in [0.5, 0.6) is 0 Å². The Morgan fingerprint density at radius 3 is 2.67 bits per heavy atom. The second kappa shape index (κ2) is 5.83. The zero-order valence-electron chi connectivity index (χ0n) is 11.3. The number of nitrogens with zero attached hydrogens (tertiary/aromatic N) is 1. The molecular formula is C15H23NO2. The van der Waals surface area contributed by atoms with Gasteiger partial charge in [-0.15, -0.1) is 0 Å². The number of hydrogen-bond acceptors (Lipinski definition) is 3. The molecule has 0 heterocycles. The van der Waals surface area contributed by atoms with Gasteiger partial charge >= 0.3 is 0 Å². The van der Waals surface area contributed by atoms with Crippen molar-refractivity contribution in [1.29, 1.82) is 0 Å². The quantitative estimate of drug-likeness (QED) is 0.504. The highest BCUT2D eigenvalue weighted by atomic mass is 17.1. The first kappa shape index (κ1) is 13.5. The summed E-state index contributed by atoms with van der Waals surface area (Å²) < 4.78 is 0. The lowest BCUT2D eigenvalue weighted by Crippen LogP contribution is -2.54. The Labute approximate surface area is 109 Å². The summed E-state index contributed by atoms with van der Waals surface area (Å²) in [4.78, 5) is 7.15. The molecule has 0 spiro atoms. The van der Waals surface area contributed by atoms with Crippen LogP contribution in [0.15, 0.2) is 30.3 Å². The molecule has 2 unspecified atom stereocenters. The van der Waals surface area contributed by atoms with Crippen LogP contribution in [0.25, 0.3) is 0 Å². The van der Waals surface area contributed by atoms with Gasteiger partial charge in [0, 0.05) is 5.92 Å². The van der Waals surface area contributed by atoms with Crippen LogP contribution >= 0.6 is 0 Å². The minimum absolute atomic E-state index is 0.238.